The molecule has 0 bridgehead atoms. The Bertz CT molecular complexity index is 1110. The van der Waals surface area contributed by atoms with Crippen molar-refractivity contribution in [3.8, 4) is 11.5 Å². The zero-order chi connectivity index (χ0) is 25.4. The van der Waals surface area contributed by atoms with Crippen molar-refractivity contribution in [1.29, 1.82) is 0 Å². The van der Waals surface area contributed by atoms with Gasteiger partial charge in [0, 0.05) is 18.7 Å². The molecule has 6 nitrogen and oxygen atoms in total. The van der Waals surface area contributed by atoms with Gasteiger partial charge < -0.3 is 14.8 Å². The van der Waals surface area contributed by atoms with Gasteiger partial charge in [-0.3, -0.25) is 14.7 Å². The number of carbonyl (C=O) groups excluding carboxylic acids is 1. The summed E-state index contributed by atoms with van der Waals surface area (Å²) in [4.78, 5) is 19.8. The highest BCUT2D eigenvalue weighted by Crippen LogP contribution is 2.29. The summed E-state index contributed by atoms with van der Waals surface area (Å²) in [5.74, 6) is 0.142. The van der Waals surface area contributed by atoms with Gasteiger partial charge in [-0.25, -0.2) is 0 Å². The maximum Gasteiger partial charge on any atom is 0.573 e. The molecule has 9 heteroatoms. The van der Waals surface area contributed by atoms with Gasteiger partial charge in [0.15, 0.2) is 0 Å². The number of para-hydroxylation sites is 1. The molecule has 3 aromatic rings. The molecule has 0 aliphatic carbocycles. The van der Waals surface area contributed by atoms with Crippen LogP contribution in [0.25, 0.3) is 0 Å². The number of amides is 1. The molecule has 1 aliphatic heterocycles. The Morgan fingerprint density at radius 1 is 1.00 bits per heavy atom. The minimum atomic E-state index is -4.80. The van der Waals surface area contributed by atoms with Crippen molar-refractivity contribution in [3.05, 3.63) is 90.3 Å². The Balaban J connectivity index is 1.36. The lowest BCUT2D eigenvalue weighted by molar-refractivity contribution is -0.274. The fourth-order valence-corrected chi connectivity index (χ4v) is 4.25. The van der Waals surface area contributed by atoms with Crippen LogP contribution in [0.1, 0.15) is 30.1 Å². The summed E-state index contributed by atoms with van der Waals surface area (Å²) in [6, 6.07) is 19.8. The minimum Gasteiger partial charge on any atom is -0.492 e. The van der Waals surface area contributed by atoms with E-state index < -0.39 is 12.4 Å². The van der Waals surface area contributed by atoms with E-state index in [1.807, 2.05) is 30.3 Å². The number of nitrogens with zero attached hydrogens (tertiary/aromatic N) is 2. The second-order valence-electron chi connectivity index (χ2n) is 8.59. The lowest BCUT2D eigenvalue weighted by atomic mass is 9.94. The van der Waals surface area contributed by atoms with E-state index in [9.17, 15) is 18.0 Å². The second-order valence-corrected chi connectivity index (χ2v) is 8.59. The molecule has 0 radical (unpaired) electrons. The number of aromatic nitrogens is 1. The maximum absolute atomic E-state index is 13.2. The summed E-state index contributed by atoms with van der Waals surface area (Å²) in [5, 5.41) is 3.01. The predicted octanol–water partition coefficient (Wildman–Crippen LogP) is 4.98. The number of hydrogen-bond acceptors (Lipinski definition) is 5. The summed E-state index contributed by atoms with van der Waals surface area (Å²) in [5.41, 5.74) is 0.991. The van der Waals surface area contributed by atoms with Gasteiger partial charge in [0.2, 0.25) is 5.91 Å². The Morgan fingerprint density at radius 2 is 1.72 bits per heavy atom. The highest BCUT2D eigenvalue weighted by molar-refractivity contribution is 5.79. The first-order valence-electron chi connectivity index (χ1n) is 11.8. The average molecular weight is 500 g/mol. The average Bonchev–Trinajstić information content (AvgIpc) is 2.88. The number of benzene rings is 2. The molecular weight excluding hydrogens is 471 g/mol. The lowest BCUT2D eigenvalue weighted by Crippen LogP contribution is -2.43. The monoisotopic (exact) mass is 499 g/mol. The Hall–Kier alpha value is -3.59. The quantitative estimate of drug-likeness (QED) is 0.450. The van der Waals surface area contributed by atoms with Crippen molar-refractivity contribution in [2.45, 2.75) is 25.2 Å². The number of rotatable bonds is 9. The van der Waals surface area contributed by atoms with Gasteiger partial charge in [-0.05, 0) is 67.9 Å². The molecule has 0 saturated carbocycles. The molecule has 1 aliphatic rings. The molecule has 2 heterocycles. The summed E-state index contributed by atoms with van der Waals surface area (Å²) < 4.78 is 48.0. The van der Waals surface area contributed by atoms with E-state index in [1.165, 1.54) is 18.2 Å². The molecule has 36 heavy (non-hydrogen) atoms. The van der Waals surface area contributed by atoms with Gasteiger partial charge in [-0.2, -0.15) is 0 Å². The number of likely N-dealkylation sites (tertiary alicyclic amines) is 1. The van der Waals surface area contributed by atoms with Gasteiger partial charge in [0.25, 0.3) is 0 Å². The Labute approximate surface area is 208 Å². The van der Waals surface area contributed by atoms with Gasteiger partial charge in [0.1, 0.15) is 18.1 Å². The fourth-order valence-electron chi connectivity index (χ4n) is 4.25. The van der Waals surface area contributed by atoms with Crippen LogP contribution in [0.5, 0.6) is 11.5 Å². The summed E-state index contributed by atoms with van der Waals surface area (Å²) in [6.45, 7) is 2.86. The molecule has 1 atom stereocenters. The van der Waals surface area contributed by atoms with E-state index in [-0.39, 0.29) is 17.6 Å². The minimum absolute atomic E-state index is 0.145. The molecule has 2 aromatic carbocycles. The van der Waals surface area contributed by atoms with Crippen molar-refractivity contribution in [3.63, 3.8) is 0 Å². The first kappa shape index (κ1) is 25.5. The van der Waals surface area contributed by atoms with Gasteiger partial charge in [-0.1, -0.05) is 36.4 Å². The number of carbonyl (C=O) groups is 1. The highest BCUT2D eigenvalue weighted by Gasteiger charge is 2.32. The first-order chi connectivity index (χ1) is 17.4. The highest BCUT2D eigenvalue weighted by atomic mass is 19.4. The van der Waals surface area contributed by atoms with Crippen LogP contribution in [0.4, 0.5) is 13.2 Å². The predicted molar refractivity (Wildman–Crippen MR) is 128 cm³/mol. The molecule has 1 aromatic heterocycles. The smallest absolute Gasteiger partial charge is 0.492 e. The molecular formula is C27H28F3N3O3. The third-order valence-electron chi connectivity index (χ3n) is 6.07. The summed E-state index contributed by atoms with van der Waals surface area (Å²) in [6.07, 6.45) is -1.85. The standard InChI is InChI=1S/C27H28F3N3O3/c28-27(29,30)36-23-10-6-7-21(19-23)25(24-11-4-5-14-31-24)32-26(34)20-12-15-33(16-13-20)17-18-35-22-8-2-1-3-9-22/h1-11,14,19-20,25H,12-13,15-18H2,(H,32,34)/t25-/m0/s1. The number of hydrogen-bond donors (Lipinski definition) is 1. The zero-order valence-corrected chi connectivity index (χ0v) is 19.7. The summed E-state index contributed by atoms with van der Waals surface area (Å²) >= 11 is 0. The summed E-state index contributed by atoms with van der Waals surface area (Å²) in [7, 11) is 0. The van der Waals surface area contributed by atoms with Gasteiger partial charge >= 0.3 is 6.36 Å². The number of alkyl halides is 3. The lowest BCUT2D eigenvalue weighted by Gasteiger charge is -2.32. The fraction of sp³-hybridized carbons (Fsp3) is 0.333. The van der Waals surface area contributed by atoms with Crippen LogP contribution in [0, 0.1) is 5.92 Å². The third-order valence-corrected chi connectivity index (χ3v) is 6.07. The topological polar surface area (TPSA) is 63.7 Å². The molecule has 1 amide bonds. The number of nitrogens with one attached hydrogen (secondary N) is 1. The largest absolute Gasteiger partial charge is 0.573 e. The third kappa shape index (κ3) is 7.45. The Kier molecular flexibility index (Phi) is 8.43. The number of pyridine rings is 1. The SMILES string of the molecule is O=C(N[C@@H](c1cccc(OC(F)(F)F)c1)c1ccccn1)C1CCN(CCOc2ccccc2)CC1. The van der Waals surface area contributed by atoms with E-state index in [1.54, 1.807) is 30.5 Å². The van der Waals surface area contributed by atoms with E-state index in [4.69, 9.17) is 4.74 Å². The molecule has 4 rings (SSSR count). The maximum atomic E-state index is 13.2. The van der Waals surface area contributed by atoms with E-state index in [0.717, 1.165) is 25.4 Å². The van der Waals surface area contributed by atoms with Crippen molar-refractivity contribution >= 4 is 5.91 Å². The van der Waals surface area contributed by atoms with Crippen LogP contribution in [-0.4, -0.2) is 48.4 Å². The first-order valence-corrected chi connectivity index (χ1v) is 11.8. The Morgan fingerprint density at radius 3 is 2.42 bits per heavy atom. The molecule has 0 unspecified atom stereocenters. The number of halogens is 3. The van der Waals surface area contributed by atoms with E-state index >= 15 is 0 Å². The number of ether oxygens (including phenoxy) is 2. The van der Waals surface area contributed by atoms with Crippen LogP contribution in [0.15, 0.2) is 79.0 Å². The number of piperidine rings is 1. The van der Waals surface area contributed by atoms with Crippen LogP contribution >= 0.6 is 0 Å². The second kappa shape index (κ2) is 11.9. The van der Waals surface area contributed by atoms with Crippen molar-refractivity contribution in [2.24, 2.45) is 5.92 Å². The van der Waals surface area contributed by atoms with Crippen molar-refractivity contribution in [1.82, 2.24) is 15.2 Å². The van der Waals surface area contributed by atoms with Crippen LogP contribution < -0.4 is 14.8 Å². The zero-order valence-electron chi connectivity index (χ0n) is 19.7. The van der Waals surface area contributed by atoms with E-state index in [2.05, 4.69) is 19.9 Å². The molecule has 0 spiro atoms. The molecule has 1 N–H and O–H groups in total. The van der Waals surface area contributed by atoms with Gasteiger partial charge in [0.05, 0.1) is 11.7 Å². The van der Waals surface area contributed by atoms with E-state index in [0.29, 0.717) is 30.7 Å². The van der Waals surface area contributed by atoms with Crippen molar-refractivity contribution < 1.29 is 27.4 Å². The van der Waals surface area contributed by atoms with Crippen LogP contribution in [0.2, 0.25) is 0 Å². The van der Waals surface area contributed by atoms with Gasteiger partial charge in [-0.15, -0.1) is 13.2 Å². The van der Waals surface area contributed by atoms with Crippen molar-refractivity contribution in [2.75, 3.05) is 26.2 Å². The molecule has 190 valence electrons. The normalized spacial score (nSPS) is 15.8. The molecule has 1 saturated heterocycles. The van der Waals surface area contributed by atoms with Crippen LogP contribution in [0.3, 0.4) is 0 Å². The van der Waals surface area contributed by atoms with Crippen LogP contribution in [-0.2, 0) is 4.79 Å². The molecule has 1 fully saturated rings.